The first kappa shape index (κ1) is 14.7. The molecule has 0 saturated carbocycles. The molecule has 0 atom stereocenters. The Balaban J connectivity index is 2.27. The minimum Gasteiger partial charge on any atom is -0.373 e. The van der Waals surface area contributed by atoms with Gasteiger partial charge in [0.25, 0.3) is 5.56 Å². The molecule has 0 unspecified atom stereocenters. The van der Waals surface area contributed by atoms with E-state index in [9.17, 15) is 4.79 Å². The summed E-state index contributed by atoms with van der Waals surface area (Å²) in [6, 6.07) is 8.58. The van der Waals surface area contributed by atoms with Crippen LogP contribution in [0.5, 0.6) is 0 Å². The van der Waals surface area contributed by atoms with E-state index in [1.54, 1.807) is 36.5 Å². The quantitative estimate of drug-likeness (QED) is 0.403. The summed E-state index contributed by atoms with van der Waals surface area (Å²) in [6.45, 7) is 0. The fourth-order valence-corrected chi connectivity index (χ4v) is 2.90. The molecule has 0 radical (unpaired) electrons. The van der Waals surface area contributed by atoms with Crippen LogP contribution in [0.25, 0.3) is 27.6 Å². The van der Waals surface area contributed by atoms with Crippen molar-refractivity contribution in [3.05, 3.63) is 51.9 Å². The number of azo groups is 1. The zero-order valence-corrected chi connectivity index (χ0v) is 13.6. The molecule has 0 aliphatic carbocycles. The van der Waals surface area contributed by atoms with Crippen LogP contribution in [0.2, 0.25) is 5.02 Å². The van der Waals surface area contributed by atoms with Crippen molar-refractivity contribution < 1.29 is 0 Å². The second kappa shape index (κ2) is 5.36. The summed E-state index contributed by atoms with van der Waals surface area (Å²) < 4.78 is 1.52. The van der Waals surface area contributed by atoms with Crippen molar-refractivity contribution in [3.63, 3.8) is 0 Å². The van der Waals surface area contributed by atoms with Gasteiger partial charge in [-0.25, -0.2) is 4.98 Å². The largest absolute Gasteiger partial charge is 0.373 e. The molecule has 0 spiro atoms. The molecule has 24 heavy (non-hydrogen) atoms. The van der Waals surface area contributed by atoms with Gasteiger partial charge in [-0.3, -0.25) is 9.20 Å². The molecule has 0 aliphatic heterocycles. The van der Waals surface area contributed by atoms with Crippen LogP contribution >= 0.6 is 23.8 Å². The van der Waals surface area contributed by atoms with Gasteiger partial charge >= 0.3 is 0 Å². The van der Waals surface area contributed by atoms with Gasteiger partial charge in [0.05, 0.1) is 10.9 Å². The van der Waals surface area contributed by atoms with E-state index < -0.39 is 0 Å². The van der Waals surface area contributed by atoms with Crippen LogP contribution in [-0.4, -0.2) is 19.5 Å². The fourth-order valence-electron chi connectivity index (χ4n) is 2.68. The number of hydrogen-bond donors (Lipinski definition) is 2. The summed E-state index contributed by atoms with van der Waals surface area (Å²) in [5.74, 6) is 0. The van der Waals surface area contributed by atoms with E-state index in [0.29, 0.717) is 38.3 Å². The van der Waals surface area contributed by atoms with Crippen molar-refractivity contribution in [1.29, 1.82) is 0 Å². The van der Waals surface area contributed by atoms with E-state index in [4.69, 9.17) is 29.6 Å². The van der Waals surface area contributed by atoms with Gasteiger partial charge in [-0.15, -0.1) is 10.2 Å². The van der Waals surface area contributed by atoms with Crippen LogP contribution in [0.15, 0.2) is 51.6 Å². The first-order valence-corrected chi connectivity index (χ1v) is 7.67. The molecule has 0 saturated heterocycles. The van der Waals surface area contributed by atoms with Crippen molar-refractivity contribution >= 4 is 62.2 Å². The molecule has 0 bridgehead atoms. The average molecular weight is 357 g/mol. The standard InChI is InChI=1S/C15H9ClN6OS/c16-7-3-4-10-9(6-7)11(20-21-15(17)24)13-19-12-8(2-1-5-18-12)14(23)22(10)13/h1-6H,(H2,17,24)(H,18,19). The Morgan fingerprint density at radius 1 is 1.33 bits per heavy atom. The van der Waals surface area contributed by atoms with Crippen molar-refractivity contribution in [2.24, 2.45) is 16.0 Å². The van der Waals surface area contributed by atoms with E-state index >= 15 is 0 Å². The topological polar surface area (TPSA) is 101 Å². The van der Waals surface area contributed by atoms with Crippen LogP contribution in [0, 0.1) is 0 Å². The van der Waals surface area contributed by atoms with Gasteiger partial charge in [-0.2, -0.15) is 0 Å². The van der Waals surface area contributed by atoms with Gasteiger partial charge in [0.2, 0.25) is 5.11 Å². The molecule has 9 heteroatoms. The SMILES string of the molecule is NC(=S)N=Nc1c2cc(Cl)ccc2n2c(=O)c3cccnc3[nH]c12. The fraction of sp³-hybridized carbons (Fsp3) is 0. The van der Waals surface area contributed by atoms with Crippen LogP contribution in [0.4, 0.5) is 5.69 Å². The lowest BCUT2D eigenvalue weighted by Gasteiger charge is -2.00. The number of H-pyrrole nitrogens is 1. The van der Waals surface area contributed by atoms with Gasteiger partial charge in [-0.05, 0) is 42.5 Å². The summed E-state index contributed by atoms with van der Waals surface area (Å²) in [7, 11) is 0. The Morgan fingerprint density at radius 2 is 2.17 bits per heavy atom. The highest BCUT2D eigenvalue weighted by Crippen LogP contribution is 2.34. The molecule has 4 rings (SSSR count). The lowest BCUT2D eigenvalue weighted by atomic mass is 10.2. The number of thiocarbonyl (C=S) groups is 1. The Bertz CT molecular complexity index is 1230. The lowest BCUT2D eigenvalue weighted by Crippen LogP contribution is -2.14. The van der Waals surface area contributed by atoms with Gasteiger partial charge in [0.15, 0.2) is 0 Å². The molecular weight excluding hydrogens is 348 g/mol. The highest BCUT2D eigenvalue weighted by molar-refractivity contribution is 7.80. The van der Waals surface area contributed by atoms with Crippen molar-refractivity contribution in [2.45, 2.75) is 0 Å². The van der Waals surface area contributed by atoms with E-state index in [-0.39, 0.29) is 10.7 Å². The van der Waals surface area contributed by atoms with E-state index in [2.05, 4.69) is 20.2 Å². The van der Waals surface area contributed by atoms with E-state index in [1.165, 1.54) is 4.40 Å². The van der Waals surface area contributed by atoms with Crippen LogP contribution in [0.1, 0.15) is 0 Å². The van der Waals surface area contributed by atoms with Crippen molar-refractivity contribution in [1.82, 2.24) is 14.4 Å². The predicted octanol–water partition coefficient (Wildman–Crippen LogP) is 3.31. The van der Waals surface area contributed by atoms with Crippen LogP contribution in [0.3, 0.4) is 0 Å². The maximum atomic E-state index is 12.9. The van der Waals surface area contributed by atoms with Gasteiger partial charge < -0.3 is 10.7 Å². The number of hydrogen-bond acceptors (Lipinski definition) is 4. The molecule has 4 aromatic rings. The maximum absolute atomic E-state index is 12.9. The number of rotatable bonds is 1. The highest BCUT2D eigenvalue weighted by Gasteiger charge is 2.17. The van der Waals surface area contributed by atoms with E-state index in [1.807, 2.05) is 0 Å². The number of pyridine rings is 1. The van der Waals surface area contributed by atoms with Gasteiger partial charge in [0, 0.05) is 16.6 Å². The Kier molecular flexibility index (Phi) is 3.29. The molecule has 7 nitrogen and oxygen atoms in total. The smallest absolute Gasteiger partial charge is 0.267 e. The van der Waals surface area contributed by atoms with Crippen molar-refractivity contribution in [2.75, 3.05) is 0 Å². The number of nitrogens with two attached hydrogens (primary N) is 1. The van der Waals surface area contributed by atoms with Crippen molar-refractivity contribution in [3.8, 4) is 0 Å². The van der Waals surface area contributed by atoms with Crippen LogP contribution < -0.4 is 11.3 Å². The second-order valence-corrected chi connectivity index (χ2v) is 5.92. The zero-order chi connectivity index (χ0) is 16.8. The van der Waals surface area contributed by atoms with Gasteiger partial charge in [-0.1, -0.05) is 11.6 Å². The van der Waals surface area contributed by atoms with E-state index in [0.717, 1.165) is 0 Å². The molecule has 1 aromatic carbocycles. The molecule has 0 amide bonds. The number of nitrogens with zero attached hydrogens (tertiary/aromatic N) is 4. The third-order valence-corrected chi connectivity index (χ3v) is 3.95. The summed E-state index contributed by atoms with van der Waals surface area (Å²) >= 11 is 10.8. The minimum atomic E-state index is -0.212. The summed E-state index contributed by atoms with van der Waals surface area (Å²) in [5.41, 5.74) is 7.16. The molecule has 0 aliphatic rings. The molecule has 3 aromatic heterocycles. The first-order chi connectivity index (χ1) is 11.6. The third-order valence-electron chi connectivity index (χ3n) is 3.63. The second-order valence-electron chi connectivity index (χ2n) is 5.06. The number of fused-ring (bicyclic) bond motifs is 4. The number of nitrogens with one attached hydrogen (secondary N) is 1. The van der Waals surface area contributed by atoms with Gasteiger partial charge in [0.1, 0.15) is 17.0 Å². The Labute approximate surface area is 144 Å². The summed E-state index contributed by atoms with van der Waals surface area (Å²) in [6.07, 6.45) is 1.60. The Hall–Kier alpha value is -2.84. The summed E-state index contributed by atoms with van der Waals surface area (Å²) in [5, 5.41) is 9.37. The Morgan fingerprint density at radius 3 is 2.96 bits per heavy atom. The minimum absolute atomic E-state index is 0.106. The van der Waals surface area contributed by atoms with Crippen LogP contribution in [-0.2, 0) is 0 Å². The monoisotopic (exact) mass is 356 g/mol. The zero-order valence-electron chi connectivity index (χ0n) is 12.0. The number of aromatic amines is 1. The maximum Gasteiger partial charge on any atom is 0.267 e. The lowest BCUT2D eigenvalue weighted by molar-refractivity contribution is 1.12. The molecule has 118 valence electrons. The molecule has 3 heterocycles. The number of halogens is 1. The third kappa shape index (κ3) is 2.15. The molecule has 3 N–H and O–H groups in total. The summed E-state index contributed by atoms with van der Waals surface area (Å²) in [4.78, 5) is 20.2. The first-order valence-electron chi connectivity index (χ1n) is 6.88. The normalized spacial score (nSPS) is 11.9. The molecular formula is C15H9ClN6OS. The average Bonchev–Trinajstić information content (AvgIpc) is 2.86. The number of aromatic nitrogens is 3. The predicted molar refractivity (Wildman–Crippen MR) is 97.1 cm³/mol. The highest BCUT2D eigenvalue weighted by atomic mass is 35.5. The number of benzene rings is 1. The molecule has 0 fully saturated rings.